The van der Waals surface area contributed by atoms with Crippen molar-refractivity contribution < 1.29 is 4.42 Å². The van der Waals surface area contributed by atoms with E-state index in [1.165, 1.54) is 32.7 Å². The summed E-state index contributed by atoms with van der Waals surface area (Å²) in [6.07, 6.45) is 0. The molecule has 0 radical (unpaired) electrons. The van der Waals surface area contributed by atoms with Crippen LogP contribution in [0.15, 0.2) is 126 Å². The van der Waals surface area contributed by atoms with Gasteiger partial charge in [-0.15, -0.1) is 0 Å². The molecule has 0 saturated heterocycles. The SMILES string of the molecule is c1ccc2cc3c(cc2c1)oc1ccc(Nc2ccc(-c4cccc5ccccc45)cc2)cc13. The summed E-state index contributed by atoms with van der Waals surface area (Å²) in [7, 11) is 0. The van der Waals surface area contributed by atoms with Crippen LogP contribution in [0.25, 0.3) is 54.6 Å². The second kappa shape index (κ2) is 7.50. The summed E-state index contributed by atoms with van der Waals surface area (Å²) in [6.45, 7) is 0. The number of furan rings is 1. The highest BCUT2D eigenvalue weighted by Crippen LogP contribution is 2.35. The lowest BCUT2D eigenvalue weighted by Crippen LogP contribution is -1.90. The smallest absolute Gasteiger partial charge is 0.136 e. The van der Waals surface area contributed by atoms with Crippen molar-refractivity contribution in [3.8, 4) is 11.1 Å². The van der Waals surface area contributed by atoms with Crippen molar-refractivity contribution in [3.63, 3.8) is 0 Å². The number of anilines is 2. The molecule has 34 heavy (non-hydrogen) atoms. The molecule has 0 saturated carbocycles. The third kappa shape index (κ3) is 3.12. The van der Waals surface area contributed by atoms with Gasteiger partial charge in [-0.25, -0.2) is 0 Å². The molecule has 0 aliphatic carbocycles. The predicted molar refractivity (Wildman–Crippen MR) is 144 cm³/mol. The molecule has 0 amide bonds. The second-order valence-electron chi connectivity index (χ2n) is 8.74. The van der Waals surface area contributed by atoms with Gasteiger partial charge < -0.3 is 9.73 Å². The van der Waals surface area contributed by atoms with Crippen LogP contribution >= 0.6 is 0 Å². The van der Waals surface area contributed by atoms with E-state index in [4.69, 9.17) is 4.42 Å². The highest BCUT2D eigenvalue weighted by atomic mass is 16.3. The molecule has 0 aliphatic rings. The first-order chi connectivity index (χ1) is 16.8. The molecule has 160 valence electrons. The van der Waals surface area contributed by atoms with E-state index in [9.17, 15) is 0 Å². The topological polar surface area (TPSA) is 25.2 Å². The van der Waals surface area contributed by atoms with Gasteiger partial charge in [0.15, 0.2) is 0 Å². The van der Waals surface area contributed by atoms with E-state index >= 15 is 0 Å². The van der Waals surface area contributed by atoms with Crippen molar-refractivity contribution in [3.05, 3.63) is 121 Å². The number of hydrogen-bond donors (Lipinski definition) is 1. The first-order valence-electron chi connectivity index (χ1n) is 11.5. The minimum Gasteiger partial charge on any atom is -0.456 e. The summed E-state index contributed by atoms with van der Waals surface area (Å²) >= 11 is 0. The molecular formula is C32H21NO. The highest BCUT2D eigenvalue weighted by molar-refractivity contribution is 6.10. The molecule has 1 aromatic heterocycles. The summed E-state index contributed by atoms with van der Waals surface area (Å²) in [4.78, 5) is 0. The van der Waals surface area contributed by atoms with Gasteiger partial charge in [0.05, 0.1) is 0 Å². The van der Waals surface area contributed by atoms with E-state index in [1.807, 2.05) is 6.07 Å². The van der Waals surface area contributed by atoms with Crippen LogP contribution in [-0.2, 0) is 0 Å². The van der Waals surface area contributed by atoms with Crippen molar-refractivity contribution in [1.29, 1.82) is 0 Å². The lowest BCUT2D eigenvalue weighted by molar-refractivity contribution is 0.669. The average Bonchev–Trinajstić information content (AvgIpc) is 3.24. The molecule has 0 aliphatic heterocycles. The van der Waals surface area contributed by atoms with E-state index in [0.29, 0.717) is 0 Å². The normalized spacial score (nSPS) is 11.5. The molecule has 0 unspecified atom stereocenters. The maximum absolute atomic E-state index is 6.14. The van der Waals surface area contributed by atoms with Gasteiger partial charge in [-0.2, -0.15) is 0 Å². The summed E-state index contributed by atoms with van der Waals surface area (Å²) in [5.41, 5.74) is 6.39. The van der Waals surface area contributed by atoms with Crippen molar-refractivity contribution >= 4 is 54.9 Å². The zero-order valence-corrected chi connectivity index (χ0v) is 18.5. The Labute approximate surface area is 197 Å². The average molecular weight is 436 g/mol. The Morgan fingerprint density at radius 2 is 1.12 bits per heavy atom. The van der Waals surface area contributed by atoms with Gasteiger partial charge in [0.2, 0.25) is 0 Å². The Bertz CT molecular complexity index is 1820. The lowest BCUT2D eigenvalue weighted by atomic mass is 9.98. The lowest BCUT2D eigenvalue weighted by Gasteiger charge is -2.10. The van der Waals surface area contributed by atoms with Crippen molar-refractivity contribution in [2.45, 2.75) is 0 Å². The van der Waals surface area contributed by atoms with Crippen molar-refractivity contribution in [2.75, 3.05) is 5.32 Å². The first-order valence-corrected chi connectivity index (χ1v) is 11.5. The molecule has 6 aromatic carbocycles. The Morgan fingerprint density at radius 1 is 0.441 bits per heavy atom. The van der Waals surface area contributed by atoms with Gasteiger partial charge in [-0.3, -0.25) is 0 Å². The third-order valence-electron chi connectivity index (χ3n) is 6.61. The van der Waals surface area contributed by atoms with Gasteiger partial charge in [-0.05, 0) is 75.1 Å². The molecule has 7 aromatic rings. The summed E-state index contributed by atoms with van der Waals surface area (Å²) in [5.74, 6) is 0. The molecule has 7 rings (SSSR count). The van der Waals surface area contributed by atoms with Gasteiger partial charge >= 0.3 is 0 Å². The molecule has 1 N–H and O–H groups in total. The maximum Gasteiger partial charge on any atom is 0.136 e. The van der Waals surface area contributed by atoms with E-state index in [1.54, 1.807) is 0 Å². The monoisotopic (exact) mass is 435 g/mol. The molecule has 0 fully saturated rings. The van der Waals surface area contributed by atoms with E-state index < -0.39 is 0 Å². The minimum absolute atomic E-state index is 0.905. The van der Waals surface area contributed by atoms with Crippen LogP contribution < -0.4 is 5.32 Å². The van der Waals surface area contributed by atoms with Crippen LogP contribution in [0, 0.1) is 0 Å². The molecule has 0 spiro atoms. The third-order valence-corrected chi connectivity index (χ3v) is 6.61. The predicted octanol–water partition coefficient (Wildman–Crippen LogP) is 9.30. The first kappa shape index (κ1) is 19.0. The molecule has 1 heterocycles. The Kier molecular flexibility index (Phi) is 4.18. The van der Waals surface area contributed by atoms with Gasteiger partial charge in [-0.1, -0.05) is 78.9 Å². The number of benzene rings is 6. The fourth-order valence-corrected chi connectivity index (χ4v) is 4.92. The van der Waals surface area contributed by atoms with Crippen LogP contribution in [0.5, 0.6) is 0 Å². The molecule has 2 heteroatoms. The standard InChI is InChI=1S/C32H21NO/c1-2-8-24-19-32-29(18-23(24)7-1)30-20-26(16-17-31(30)34-32)33-25-14-12-22(13-15-25)28-11-5-9-21-6-3-4-10-27(21)28/h1-20,33H. The molecule has 0 bridgehead atoms. The summed E-state index contributed by atoms with van der Waals surface area (Å²) in [6, 6.07) is 42.7. The van der Waals surface area contributed by atoms with Crippen LogP contribution in [0.2, 0.25) is 0 Å². The molecule has 2 nitrogen and oxygen atoms in total. The van der Waals surface area contributed by atoms with E-state index in [-0.39, 0.29) is 0 Å². The number of fused-ring (bicyclic) bond motifs is 5. The van der Waals surface area contributed by atoms with E-state index in [0.717, 1.165) is 33.3 Å². The highest BCUT2D eigenvalue weighted by Gasteiger charge is 2.10. The maximum atomic E-state index is 6.14. The number of hydrogen-bond acceptors (Lipinski definition) is 2. The fraction of sp³-hybridized carbons (Fsp3) is 0. The number of nitrogens with one attached hydrogen (secondary N) is 1. The van der Waals surface area contributed by atoms with Crippen molar-refractivity contribution in [2.24, 2.45) is 0 Å². The van der Waals surface area contributed by atoms with E-state index in [2.05, 4.69) is 121 Å². The quantitative estimate of drug-likeness (QED) is 0.299. The Balaban J connectivity index is 1.24. The van der Waals surface area contributed by atoms with Crippen LogP contribution in [0.1, 0.15) is 0 Å². The van der Waals surface area contributed by atoms with Gasteiger partial charge in [0, 0.05) is 22.1 Å². The fourth-order valence-electron chi connectivity index (χ4n) is 4.92. The second-order valence-corrected chi connectivity index (χ2v) is 8.74. The van der Waals surface area contributed by atoms with Crippen LogP contribution in [-0.4, -0.2) is 0 Å². The molecule has 0 atom stereocenters. The Hall–Kier alpha value is -4.56. The summed E-state index contributed by atoms with van der Waals surface area (Å²) < 4.78 is 6.14. The zero-order valence-electron chi connectivity index (χ0n) is 18.5. The summed E-state index contributed by atoms with van der Waals surface area (Å²) in [5, 5.41) is 10.8. The Morgan fingerprint density at radius 3 is 1.97 bits per heavy atom. The van der Waals surface area contributed by atoms with Gasteiger partial charge in [0.1, 0.15) is 11.2 Å². The van der Waals surface area contributed by atoms with Crippen molar-refractivity contribution in [1.82, 2.24) is 0 Å². The van der Waals surface area contributed by atoms with Crippen LogP contribution in [0.3, 0.4) is 0 Å². The number of rotatable bonds is 3. The minimum atomic E-state index is 0.905. The van der Waals surface area contributed by atoms with Crippen LogP contribution in [0.4, 0.5) is 11.4 Å². The largest absolute Gasteiger partial charge is 0.456 e. The molecular weight excluding hydrogens is 414 g/mol. The zero-order chi connectivity index (χ0) is 22.5. The van der Waals surface area contributed by atoms with Gasteiger partial charge in [0.25, 0.3) is 0 Å².